The van der Waals surface area contributed by atoms with Gasteiger partial charge >= 0.3 is 6.18 Å². The molecule has 0 aliphatic carbocycles. The van der Waals surface area contributed by atoms with Crippen molar-refractivity contribution in [3.05, 3.63) is 77.2 Å². The maximum Gasteiger partial charge on any atom is 0.417 e. The van der Waals surface area contributed by atoms with Gasteiger partial charge in [-0.2, -0.15) is 21.8 Å². The summed E-state index contributed by atoms with van der Waals surface area (Å²) in [5, 5.41) is 1.70. The lowest BCUT2D eigenvalue weighted by Gasteiger charge is -2.26. The summed E-state index contributed by atoms with van der Waals surface area (Å²) in [6, 6.07) is 10.4. The minimum atomic E-state index is -4.76. The molecule has 1 aliphatic heterocycles. The molecule has 2 heterocycles. The van der Waals surface area contributed by atoms with Gasteiger partial charge in [-0.05, 0) is 67.4 Å². The lowest BCUT2D eigenvalue weighted by atomic mass is 10.2. The van der Waals surface area contributed by atoms with Gasteiger partial charge in [-0.3, -0.25) is 4.79 Å². The van der Waals surface area contributed by atoms with Crippen LogP contribution in [0.4, 0.5) is 18.9 Å². The zero-order chi connectivity index (χ0) is 29.1. The van der Waals surface area contributed by atoms with Crippen molar-refractivity contribution in [1.29, 1.82) is 0 Å². The number of anilines is 1. The van der Waals surface area contributed by atoms with Crippen molar-refractivity contribution >= 4 is 43.2 Å². The molecule has 0 radical (unpaired) electrons. The Bertz CT molecular complexity index is 1560. The maximum absolute atomic E-state index is 13.5. The molecule has 3 aromatic rings. The van der Waals surface area contributed by atoms with Crippen LogP contribution in [0.2, 0.25) is 5.02 Å². The number of benzene rings is 2. The zero-order valence-electron chi connectivity index (χ0n) is 20.9. The third-order valence-electron chi connectivity index (χ3n) is 6.20. The van der Waals surface area contributed by atoms with Crippen LogP contribution in [0.15, 0.2) is 75.1 Å². The fraction of sp³-hybridized carbons (Fsp3) is 0.320. The Morgan fingerprint density at radius 3 is 2.23 bits per heavy atom. The Kier molecular flexibility index (Phi) is 8.95. The molecule has 1 N–H and O–H groups in total. The van der Waals surface area contributed by atoms with Crippen LogP contribution < -0.4 is 5.32 Å². The predicted molar refractivity (Wildman–Crippen MR) is 140 cm³/mol. The van der Waals surface area contributed by atoms with Gasteiger partial charge in [-0.1, -0.05) is 18.0 Å². The van der Waals surface area contributed by atoms with Gasteiger partial charge in [-0.25, -0.2) is 16.8 Å². The molecule has 216 valence electrons. The Morgan fingerprint density at radius 2 is 1.62 bits per heavy atom. The zero-order valence-corrected chi connectivity index (χ0v) is 23.3. The van der Waals surface area contributed by atoms with Crippen LogP contribution in [0.3, 0.4) is 0 Å². The number of rotatable bonds is 9. The summed E-state index contributed by atoms with van der Waals surface area (Å²) >= 11 is 5.62. The second kappa shape index (κ2) is 11.9. The van der Waals surface area contributed by atoms with Gasteiger partial charge in [-0.15, -0.1) is 0 Å². The number of hydrogen-bond acceptors (Lipinski definition) is 6. The summed E-state index contributed by atoms with van der Waals surface area (Å²) in [6.45, 7) is -0.384. The fourth-order valence-corrected chi connectivity index (χ4v) is 7.27. The first-order valence-electron chi connectivity index (χ1n) is 12.1. The highest BCUT2D eigenvalue weighted by molar-refractivity contribution is 7.89. The maximum atomic E-state index is 13.5. The molecule has 1 aliphatic rings. The summed E-state index contributed by atoms with van der Waals surface area (Å²) in [6.07, 6.45) is -1.04. The summed E-state index contributed by atoms with van der Waals surface area (Å²) in [4.78, 5) is 12.4. The van der Waals surface area contributed by atoms with E-state index in [9.17, 15) is 34.8 Å². The number of halogens is 4. The minimum absolute atomic E-state index is 0.0631. The SMILES string of the molecule is O=C(CN(Cc1ccco1)S(=O)(=O)c1ccc(S(=O)(=O)N2CCCCC2)cc1)Nc1ccc(Cl)c(C(F)(F)F)c1. The van der Waals surface area contributed by atoms with E-state index in [0.717, 1.165) is 47.8 Å². The quantitative estimate of drug-likeness (QED) is 0.362. The number of furan rings is 1. The fourth-order valence-electron chi connectivity index (χ4n) is 4.17. The molecule has 0 saturated carbocycles. The van der Waals surface area contributed by atoms with E-state index in [0.29, 0.717) is 19.2 Å². The molecule has 0 unspecified atom stereocenters. The molecule has 0 spiro atoms. The molecular weight excluding hydrogens is 595 g/mol. The normalized spacial score (nSPS) is 15.3. The van der Waals surface area contributed by atoms with E-state index >= 15 is 0 Å². The first-order valence-corrected chi connectivity index (χ1v) is 15.3. The number of alkyl halides is 3. The van der Waals surface area contributed by atoms with Crippen molar-refractivity contribution < 1.29 is 39.2 Å². The van der Waals surface area contributed by atoms with Gasteiger partial charge in [0.05, 0.1) is 39.7 Å². The molecule has 15 heteroatoms. The van der Waals surface area contributed by atoms with Crippen molar-refractivity contribution in [3.63, 3.8) is 0 Å². The van der Waals surface area contributed by atoms with Crippen molar-refractivity contribution in [3.8, 4) is 0 Å². The third kappa shape index (κ3) is 6.86. The predicted octanol–water partition coefficient (Wildman–Crippen LogP) is 4.96. The van der Waals surface area contributed by atoms with Crippen molar-refractivity contribution in [1.82, 2.24) is 8.61 Å². The average molecular weight is 620 g/mol. The van der Waals surface area contributed by atoms with E-state index < -0.39 is 49.3 Å². The Balaban J connectivity index is 1.57. The van der Waals surface area contributed by atoms with Gasteiger partial charge in [0.25, 0.3) is 0 Å². The lowest BCUT2D eigenvalue weighted by Crippen LogP contribution is -2.37. The summed E-state index contributed by atoms with van der Waals surface area (Å²) < 4.78 is 99.9. The molecule has 1 amide bonds. The van der Waals surface area contributed by atoms with Gasteiger partial charge in [0, 0.05) is 18.8 Å². The Labute approximate surface area is 234 Å². The molecule has 1 fully saturated rings. The second-order valence-corrected chi connectivity index (χ2v) is 13.3. The standard InChI is InChI=1S/C25H25ClF3N3O6S2/c26-23-11-6-18(15-22(23)25(27,28)29)30-24(33)17-32(16-19-5-4-14-38-19)40(36,37)21-9-7-20(8-10-21)39(34,35)31-12-2-1-3-13-31/h4-11,14-15H,1-3,12-13,16-17H2,(H,30,33). The molecule has 1 saturated heterocycles. The lowest BCUT2D eigenvalue weighted by molar-refractivity contribution is -0.137. The number of nitrogens with zero attached hydrogens (tertiary/aromatic N) is 2. The van der Waals surface area contributed by atoms with Crippen LogP contribution in [0.25, 0.3) is 0 Å². The van der Waals surface area contributed by atoms with Crippen LogP contribution in [0.5, 0.6) is 0 Å². The topological polar surface area (TPSA) is 117 Å². The number of hydrogen-bond donors (Lipinski definition) is 1. The van der Waals surface area contributed by atoms with Crippen molar-refractivity contribution in [2.45, 2.75) is 41.8 Å². The largest absolute Gasteiger partial charge is 0.468 e. The third-order valence-corrected chi connectivity index (χ3v) is 10.3. The van der Waals surface area contributed by atoms with Crippen molar-refractivity contribution in [2.24, 2.45) is 0 Å². The van der Waals surface area contributed by atoms with E-state index in [-0.39, 0.29) is 27.8 Å². The van der Waals surface area contributed by atoms with Crippen LogP contribution >= 0.6 is 11.6 Å². The number of amides is 1. The van der Waals surface area contributed by atoms with E-state index in [2.05, 4.69) is 5.32 Å². The van der Waals surface area contributed by atoms with Gasteiger partial charge in [0.15, 0.2) is 0 Å². The molecule has 1 aromatic heterocycles. The van der Waals surface area contributed by atoms with E-state index in [1.165, 1.54) is 34.8 Å². The van der Waals surface area contributed by atoms with E-state index in [1.807, 2.05) is 0 Å². The highest BCUT2D eigenvalue weighted by atomic mass is 35.5. The molecule has 0 atom stereocenters. The van der Waals surface area contributed by atoms with E-state index in [1.54, 1.807) is 0 Å². The monoisotopic (exact) mass is 619 g/mol. The number of nitrogens with one attached hydrogen (secondary N) is 1. The second-order valence-electron chi connectivity index (χ2n) is 9.03. The Morgan fingerprint density at radius 1 is 0.975 bits per heavy atom. The molecule has 4 rings (SSSR count). The average Bonchev–Trinajstić information content (AvgIpc) is 3.42. The summed E-state index contributed by atoms with van der Waals surface area (Å²) in [7, 11) is -8.19. The van der Waals surface area contributed by atoms with Gasteiger partial charge in [0.1, 0.15) is 5.76 Å². The number of carbonyl (C=O) groups excluding carboxylic acids is 1. The number of piperidine rings is 1. The van der Waals surface area contributed by atoms with Crippen LogP contribution in [-0.2, 0) is 37.6 Å². The minimum Gasteiger partial charge on any atom is -0.468 e. The van der Waals surface area contributed by atoms with Crippen LogP contribution in [0.1, 0.15) is 30.6 Å². The molecule has 40 heavy (non-hydrogen) atoms. The van der Waals surface area contributed by atoms with Crippen LogP contribution in [0, 0.1) is 0 Å². The van der Waals surface area contributed by atoms with Gasteiger partial charge < -0.3 is 9.73 Å². The molecular formula is C25H25ClF3N3O6S2. The van der Waals surface area contributed by atoms with E-state index in [4.69, 9.17) is 16.0 Å². The number of sulfonamides is 2. The molecule has 9 nitrogen and oxygen atoms in total. The number of carbonyl (C=O) groups is 1. The summed E-state index contributed by atoms with van der Waals surface area (Å²) in [5.74, 6) is -0.721. The van der Waals surface area contributed by atoms with Crippen LogP contribution in [-0.4, -0.2) is 51.0 Å². The first kappa shape index (κ1) is 30.1. The molecule has 2 aromatic carbocycles. The highest BCUT2D eigenvalue weighted by Crippen LogP contribution is 2.36. The smallest absolute Gasteiger partial charge is 0.417 e. The first-order chi connectivity index (χ1) is 18.8. The Hall–Kier alpha value is -2.91. The van der Waals surface area contributed by atoms with Gasteiger partial charge in [0.2, 0.25) is 26.0 Å². The molecule has 0 bridgehead atoms. The highest BCUT2D eigenvalue weighted by Gasteiger charge is 2.34. The summed E-state index contributed by atoms with van der Waals surface area (Å²) in [5.41, 5.74) is -1.39. The van der Waals surface area contributed by atoms with Crippen molar-refractivity contribution in [2.75, 3.05) is 25.0 Å².